The van der Waals surface area contributed by atoms with Crippen LogP contribution in [0.15, 0.2) is 20.0 Å². The zero-order valence-electron chi connectivity index (χ0n) is 5.62. The van der Waals surface area contributed by atoms with Crippen molar-refractivity contribution < 1.29 is 0 Å². The van der Waals surface area contributed by atoms with Gasteiger partial charge in [-0.15, -0.1) is 11.3 Å². The maximum absolute atomic E-state index is 4.21. The van der Waals surface area contributed by atoms with Gasteiger partial charge < -0.3 is 0 Å². The molecule has 0 atom stereocenters. The van der Waals surface area contributed by atoms with E-state index < -0.39 is 0 Å². The average molecular weight is 326 g/mol. The van der Waals surface area contributed by atoms with Gasteiger partial charge in [0.25, 0.3) is 0 Å². The Balaban J connectivity index is 2.50. The number of thiophene rings is 1. The van der Waals surface area contributed by atoms with Crippen LogP contribution in [-0.4, -0.2) is 9.36 Å². The van der Waals surface area contributed by atoms with E-state index in [0.717, 1.165) is 14.4 Å². The molecule has 0 aromatic carbocycles. The van der Waals surface area contributed by atoms with Gasteiger partial charge in [0.15, 0.2) is 0 Å². The zero-order valence-corrected chi connectivity index (χ0v) is 10.4. The lowest BCUT2D eigenvalue weighted by Crippen LogP contribution is -1.70. The highest BCUT2D eigenvalue weighted by atomic mass is 79.9. The summed E-state index contributed by atoms with van der Waals surface area (Å²) in [5.74, 6) is 0. The number of nitrogens with zero attached hydrogens (tertiary/aromatic N) is 2. The van der Waals surface area contributed by atoms with Gasteiger partial charge in [-0.2, -0.15) is 4.37 Å². The van der Waals surface area contributed by atoms with Crippen LogP contribution in [0.4, 0.5) is 0 Å². The Labute approximate surface area is 94.1 Å². The second kappa shape index (κ2) is 3.53. The first-order valence-corrected chi connectivity index (χ1v) is 6.24. The van der Waals surface area contributed by atoms with Gasteiger partial charge in [0.05, 0.1) is 3.79 Å². The Morgan fingerprint density at radius 3 is 2.67 bits per heavy atom. The van der Waals surface area contributed by atoms with Crippen molar-refractivity contribution in [1.82, 2.24) is 9.36 Å². The minimum Gasteiger partial charge on any atom is -0.209 e. The Bertz CT molecular complexity index is 396. The highest BCUT2D eigenvalue weighted by Crippen LogP contribution is 2.34. The van der Waals surface area contributed by atoms with E-state index in [1.807, 2.05) is 11.4 Å². The van der Waals surface area contributed by atoms with Crippen molar-refractivity contribution in [3.8, 4) is 10.6 Å². The summed E-state index contributed by atoms with van der Waals surface area (Å²) >= 11 is 9.71. The van der Waals surface area contributed by atoms with Crippen LogP contribution >= 0.6 is 54.7 Å². The summed E-state index contributed by atoms with van der Waals surface area (Å²) in [6, 6.07) is 2.03. The van der Waals surface area contributed by atoms with Crippen LogP contribution in [0.3, 0.4) is 0 Å². The molecular formula is C6H2Br2N2S2. The summed E-state index contributed by atoms with van der Waals surface area (Å²) in [5, 5.41) is 2.96. The minimum atomic E-state index is 0.653. The molecule has 0 saturated heterocycles. The highest BCUT2D eigenvalue weighted by Gasteiger charge is 2.08. The summed E-state index contributed by atoms with van der Waals surface area (Å²) in [7, 11) is 0. The number of halogens is 2. The summed E-state index contributed by atoms with van der Waals surface area (Å²) in [6.07, 6.45) is 0. The molecule has 0 fully saturated rings. The Morgan fingerprint density at radius 1 is 1.33 bits per heavy atom. The molecule has 0 radical (unpaired) electrons. The van der Waals surface area contributed by atoms with Crippen LogP contribution in [-0.2, 0) is 0 Å². The second-order valence-corrected chi connectivity index (χ2v) is 5.67. The lowest BCUT2D eigenvalue weighted by Gasteiger charge is -1.87. The smallest absolute Gasteiger partial charge is 0.209 e. The molecule has 2 aromatic heterocycles. The summed E-state index contributed by atoms with van der Waals surface area (Å²) < 4.78 is 5.80. The van der Waals surface area contributed by atoms with Gasteiger partial charge in [-0.1, -0.05) is 0 Å². The molecule has 0 spiro atoms. The fraction of sp³-hybridized carbons (Fsp3) is 0. The van der Waals surface area contributed by atoms with Crippen LogP contribution in [0, 0.1) is 0 Å². The molecule has 2 heterocycles. The first-order chi connectivity index (χ1) is 5.77. The second-order valence-electron chi connectivity index (χ2n) is 1.98. The van der Waals surface area contributed by atoms with Crippen molar-refractivity contribution >= 4 is 54.7 Å². The molecular weight excluding hydrogens is 324 g/mol. The molecule has 0 unspecified atom stereocenters. The van der Waals surface area contributed by atoms with E-state index in [1.165, 1.54) is 11.5 Å². The lowest BCUT2D eigenvalue weighted by molar-refractivity contribution is 1.26. The third-order valence-corrected chi connectivity index (χ3v) is 4.27. The van der Waals surface area contributed by atoms with Crippen molar-refractivity contribution in [2.45, 2.75) is 0 Å². The molecule has 62 valence electrons. The number of hydrogen-bond acceptors (Lipinski definition) is 4. The normalized spacial score (nSPS) is 10.5. The van der Waals surface area contributed by atoms with Gasteiger partial charge in [-0.3, -0.25) is 0 Å². The first kappa shape index (κ1) is 8.80. The van der Waals surface area contributed by atoms with Gasteiger partial charge in [0.2, 0.25) is 4.73 Å². The largest absolute Gasteiger partial charge is 0.209 e. The van der Waals surface area contributed by atoms with Crippen LogP contribution < -0.4 is 0 Å². The van der Waals surface area contributed by atoms with Gasteiger partial charge in [-0.05, 0) is 54.8 Å². The fourth-order valence-corrected chi connectivity index (χ4v) is 3.33. The Morgan fingerprint density at radius 2 is 2.17 bits per heavy atom. The van der Waals surface area contributed by atoms with Crippen LogP contribution in [0.5, 0.6) is 0 Å². The topological polar surface area (TPSA) is 25.8 Å². The van der Waals surface area contributed by atoms with E-state index in [9.17, 15) is 0 Å². The van der Waals surface area contributed by atoms with E-state index in [0.29, 0.717) is 4.73 Å². The molecule has 0 aliphatic rings. The Kier molecular flexibility index (Phi) is 2.59. The van der Waals surface area contributed by atoms with Crippen molar-refractivity contribution in [1.29, 1.82) is 0 Å². The molecule has 2 nitrogen and oxygen atoms in total. The minimum absolute atomic E-state index is 0.653. The Hall–Kier alpha value is 0.220. The maximum Gasteiger partial charge on any atom is 0.209 e. The zero-order chi connectivity index (χ0) is 8.55. The molecule has 0 aliphatic heterocycles. The third-order valence-electron chi connectivity index (χ3n) is 1.25. The molecule has 6 heteroatoms. The predicted octanol–water partition coefficient (Wildman–Crippen LogP) is 3.79. The van der Waals surface area contributed by atoms with Gasteiger partial charge in [0.1, 0.15) is 5.01 Å². The van der Waals surface area contributed by atoms with Crippen molar-refractivity contribution in [3.63, 3.8) is 0 Å². The standard InChI is InChI=1S/C6H2Br2N2S2/c7-4-3(1-2-11-4)5-9-6(8)10-12-5/h1-2H. The predicted molar refractivity (Wildman–Crippen MR) is 58.6 cm³/mol. The molecule has 0 amide bonds. The molecule has 0 aliphatic carbocycles. The van der Waals surface area contributed by atoms with Crippen molar-refractivity contribution in [3.05, 3.63) is 20.0 Å². The summed E-state index contributed by atoms with van der Waals surface area (Å²) in [5.41, 5.74) is 1.11. The molecule has 0 N–H and O–H groups in total. The molecule has 0 bridgehead atoms. The van der Waals surface area contributed by atoms with E-state index in [4.69, 9.17) is 0 Å². The van der Waals surface area contributed by atoms with Crippen molar-refractivity contribution in [2.24, 2.45) is 0 Å². The quantitative estimate of drug-likeness (QED) is 0.797. The van der Waals surface area contributed by atoms with Crippen molar-refractivity contribution in [2.75, 3.05) is 0 Å². The SMILES string of the molecule is Brc1nsc(-c2ccsc2Br)n1. The average Bonchev–Trinajstić information content (AvgIpc) is 2.58. The van der Waals surface area contributed by atoms with Crippen LogP contribution in [0.25, 0.3) is 10.6 Å². The van der Waals surface area contributed by atoms with E-state index in [2.05, 4.69) is 41.2 Å². The summed E-state index contributed by atoms with van der Waals surface area (Å²) in [4.78, 5) is 4.21. The van der Waals surface area contributed by atoms with Crippen LogP contribution in [0.2, 0.25) is 0 Å². The summed E-state index contributed by atoms with van der Waals surface area (Å²) in [6.45, 7) is 0. The lowest BCUT2D eigenvalue weighted by atomic mass is 10.4. The van der Waals surface area contributed by atoms with Crippen LogP contribution in [0.1, 0.15) is 0 Å². The number of rotatable bonds is 1. The van der Waals surface area contributed by atoms with Gasteiger partial charge in [-0.25, -0.2) is 4.98 Å². The number of hydrogen-bond donors (Lipinski definition) is 0. The first-order valence-electron chi connectivity index (χ1n) is 3.00. The van der Waals surface area contributed by atoms with E-state index in [1.54, 1.807) is 11.3 Å². The molecule has 0 saturated carbocycles. The molecule has 2 rings (SSSR count). The van der Waals surface area contributed by atoms with Gasteiger partial charge in [0, 0.05) is 5.56 Å². The maximum atomic E-state index is 4.21. The molecule has 12 heavy (non-hydrogen) atoms. The fourth-order valence-electron chi connectivity index (χ4n) is 0.761. The van der Waals surface area contributed by atoms with E-state index in [-0.39, 0.29) is 0 Å². The van der Waals surface area contributed by atoms with E-state index >= 15 is 0 Å². The third kappa shape index (κ3) is 1.61. The van der Waals surface area contributed by atoms with Gasteiger partial charge >= 0.3 is 0 Å². The number of aromatic nitrogens is 2. The highest BCUT2D eigenvalue weighted by molar-refractivity contribution is 9.11. The molecule has 2 aromatic rings. The monoisotopic (exact) mass is 324 g/mol.